The molecule has 0 radical (unpaired) electrons. The molecule has 1 aromatic rings. The molecular formula is C14H21N4O2+. The Kier molecular flexibility index (Phi) is 4.95. The highest BCUT2D eigenvalue weighted by molar-refractivity contribution is 5.84. The lowest BCUT2D eigenvalue weighted by atomic mass is 10.2. The maximum Gasteiger partial charge on any atom is 0.275 e. The van der Waals surface area contributed by atoms with Crippen molar-refractivity contribution in [2.24, 2.45) is 5.73 Å². The van der Waals surface area contributed by atoms with Crippen molar-refractivity contribution >= 4 is 17.5 Å². The first-order chi connectivity index (χ1) is 9.65. The quantitative estimate of drug-likeness (QED) is 0.582. The van der Waals surface area contributed by atoms with Crippen molar-refractivity contribution < 1.29 is 14.5 Å². The van der Waals surface area contributed by atoms with Crippen LogP contribution in [0.4, 0.5) is 5.69 Å². The number of carbonyl (C=O) groups excluding carboxylic acids is 2. The lowest BCUT2D eigenvalue weighted by Crippen LogP contribution is -3.16. The van der Waals surface area contributed by atoms with E-state index < -0.39 is 5.91 Å². The molecule has 0 atom stereocenters. The number of nitrogens with one attached hydrogen (secondary N) is 2. The molecule has 1 heterocycles. The van der Waals surface area contributed by atoms with E-state index in [4.69, 9.17) is 5.73 Å². The summed E-state index contributed by atoms with van der Waals surface area (Å²) >= 11 is 0. The van der Waals surface area contributed by atoms with E-state index in [0.29, 0.717) is 6.54 Å². The number of anilines is 1. The second kappa shape index (κ2) is 6.91. The first kappa shape index (κ1) is 14.3. The van der Waals surface area contributed by atoms with E-state index in [0.717, 1.165) is 26.2 Å². The molecule has 1 saturated heterocycles. The molecular weight excluding hydrogens is 256 g/mol. The summed E-state index contributed by atoms with van der Waals surface area (Å²) in [5.41, 5.74) is 6.22. The van der Waals surface area contributed by atoms with E-state index in [1.807, 2.05) is 18.2 Å². The number of carbonyl (C=O) groups is 2. The number of hydrogen-bond acceptors (Lipinski definition) is 3. The number of quaternary nitrogens is 1. The minimum atomic E-state index is -0.512. The van der Waals surface area contributed by atoms with E-state index in [9.17, 15) is 9.59 Å². The maximum atomic E-state index is 11.6. The van der Waals surface area contributed by atoms with Crippen molar-refractivity contribution in [3.63, 3.8) is 0 Å². The number of para-hydroxylation sites is 1. The zero-order valence-electron chi connectivity index (χ0n) is 11.5. The van der Waals surface area contributed by atoms with Gasteiger partial charge in [-0.3, -0.25) is 9.59 Å². The Bertz CT molecular complexity index is 456. The monoisotopic (exact) mass is 277 g/mol. The van der Waals surface area contributed by atoms with Gasteiger partial charge in [-0.2, -0.15) is 0 Å². The molecule has 2 amide bonds. The van der Waals surface area contributed by atoms with E-state index in [1.54, 1.807) is 0 Å². The molecule has 4 N–H and O–H groups in total. The minimum Gasteiger partial charge on any atom is -0.368 e. The van der Waals surface area contributed by atoms with Gasteiger partial charge in [0, 0.05) is 5.69 Å². The van der Waals surface area contributed by atoms with Crippen LogP contribution in [0.25, 0.3) is 0 Å². The smallest absolute Gasteiger partial charge is 0.275 e. The third-order valence-electron chi connectivity index (χ3n) is 3.46. The number of piperazine rings is 1. The summed E-state index contributed by atoms with van der Waals surface area (Å²) in [6.07, 6.45) is 0. The number of nitrogens with two attached hydrogens (primary N) is 1. The second-order valence-electron chi connectivity index (χ2n) is 4.99. The summed E-state index contributed by atoms with van der Waals surface area (Å²) in [7, 11) is 0. The highest BCUT2D eigenvalue weighted by Crippen LogP contribution is 2.12. The van der Waals surface area contributed by atoms with Crippen molar-refractivity contribution in [3.05, 3.63) is 30.3 Å². The van der Waals surface area contributed by atoms with Crippen LogP contribution in [0.5, 0.6) is 0 Å². The van der Waals surface area contributed by atoms with Crippen LogP contribution < -0.4 is 20.9 Å². The number of hydrogen-bond donors (Lipinski definition) is 3. The summed E-state index contributed by atoms with van der Waals surface area (Å²) in [6, 6.07) is 10.3. The van der Waals surface area contributed by atoms with Crippen molar-refractivity contribution in [1.82, 2.24) is 5.32 Å². The predicted octanol–water partition coefficient (Wildman–Crippen LogP) is -2.01. The van der Waals surface area contributed by atoms with E-state index in [2.05, 4.69) is 22.3 Å². The molecule has 1 aromatic carbocycles. The Hall–Kier alpha value is -2.08. The normalized spacial score (nSPS) is 15.9. The van der Waals surface area contributed by atoms with Crippen LogP contribution in [0, 0.1) is 0 Å². The number of rotatable bonds is 5. The Morgan fingerprint density at radius 2 is 1.85 bits per heavy atom. The summed E-state index contributed by atoms with van der Waals surface area (Å²) < 4.78 is 0. The van der Waals surface area contributed by atoms with Gasteiger partial charge in [-0.15, -0.1) is 0 Å². The largest absolute Gasteiger partial charge is 0.368 e. The SMILES string of the molecule is NC(=O)CNC(=O)C[NH+]1CCN(c2ccccc2)CC1. The molecule has 2 rings (SSSR count). The van der Waals surface area contributed by atoms with Gasteiger partial charge in [0.1, 0.15) is 0 Å². The van der Waals surface area contributed by atoms with Gasteiger partial charge < -0.3 is 20.9 Å². The fraction of sp³-hybridized carbons (Fsp3) is 0.429. The highest BCUT2D eigenvalue weighted by atomic mass is 16.2. The summed E-state index contributed by atoms with van der Waals surface area (Å²) in [5.74, 6) is -0.630. The molecule has 0 unspecified atom stereocenters. The topological polar surface area (TPSA) is 79.9 Å². The van der Waals surface area contributed by atoms with Crippen LogP contribution in [0.2, 0.25) is 0 Å². The lowest BCUT2D eigenvalue weighted by molar-refractivity contribution is -0.892. The van der Waals surface area contributed by atoms with Crippen LogP contribution in [0.3, 0.4) is 0 Å². The number of benzene rings is 1. The van der Waals surface area contributed by atoms with Crippen LogP contribution in [0.15, 0.2) is 30.3 Å². The molecule has 20 heavy (non-hydrogen) atoms. The molecule has 6 nitrogen and oxygen atoms in total. The molecule has 6 heteroatoms. The Morgan fingerprint density at radius 3 is 2.45 bits per heavy atom. The second-order valence-corrected chi connectivity index (χ2v) is 4.99. The van der Waals surface area contributed by atoms with Crippen LogP contribution in [0.1, 0.15) is 0 Å². The molecule has 0 bridgehead atoms. The number of amides is 2. The van der Waals surface area contributed by atoms with Gasteiger partial charge in [-0.25, -0.2) is 0 Å². The molecule has 1 aliphatic heterocycles. The first-order valence-electron chi connectivity index (χ1n) is 6.83. The lowest BCUT2D eigenvalue weighted by Gasteiger charge is -2.33. The summed E-state index contributed by atoms with van der Waals surface area (Å²) in [5, 5.41) is 2.52. The standard InChI is InChI=1S/C14H20N4O2/c15-13(19)10-16-14(20)11-17-6-8-18(9-7-17)12-4-2-1-3-5-12/h1-5H,6-11H2,(H2,15,19)(H,16,20)/p+1. The predicted molar refractivity (Wildman–Crippen MR) is 76.4 cm³/mol. The molecule has 0 spiro atoms. The highest BCUT2D eigenvalue weighted by Gasteiger charge is 2.22. The first-order valence-corrected chi connectivity index (χ1v) is 6.83. The van der Waals surface area contributed by atoms with Gasteiger partial charge in [-0.1, -0.05) is 18.2 Å². The zero-order chi connectivity index (χ0) is 14.4. The third kappa shape index (κ3) is 4.24. The van der Waals surface area contributed by atoms with Crippen molar-refractivity contribution in [3.8, 4) is 0 Å². The van der Waals surface area contributed by atoms with Gasteiger partial charge in [-0.05, 0) is 12.1 Å². The maximum absolute atomic E-state index is 11.6. The molecule has 108 valence electrons. The van der Waals surface area contributed by atoms with Gasteiger partial charge in [0.2, 0.25) is 5.91 Å². The Morgan fingerprint density at radius 1 is 1.20 bits per heavy atom. The van der Waals surface area contributed by atoms with Gasteiger partial charge in [0.15, 0.2) is 6.54 Å². The van der Waals surface area contributed by atoms with Crippen LogP contribution in [-0.2, 0) is 9.59 Å². The van der Waals surface area contributed by atoms with Crippen LogP contribution in [-0.4, -0.2) is 51.1 Å². The molecule has 1 aliphatic rings. The average molecular weight is 277 g/mol. The minimum absolute atomic E-state index is 0.0811. The molecule has 0 saturated carbocycles. The summed E-state index contributed by atoms with van der Waals surface area (Å²) in [4.78, 5) is 25.8. The fourth-order valence-electron chi connectivity index (χ4n) is 2.37. The van der Waals surface area contributed by atoms with E-state index in [1.165, 1.54) is 10.6 Å². The van der Waals surface area contributed by atoms with Gasteiger partial charge in [0.25, 0.3) is 5.91 Å². The number of nitrogens with zero attached hydrogens (tertiary/aromatic N) is 1. The van der Waals surface area contributed by atoms with Crippen LogP contribution >= 0.6 is 0 Å². The van der Waals surface area contributed by atoms with Crippen molar-refractivity contribution in [1.29, 1.82) is 0 Å². The third-order valence-corrected chi connectivity index (χ3v) is 3.46. The van der Waals surface area contributed by atoms with E-state index >= 15 is 0 Å². The number of primary amides is 1. The Labute approximate surface area is 118 Å². The van der Waals surface area contributed by atoms with E-state index in [-0.39, 0.29) is 12.5 Å². The molecule has 1 fully saturated rings. The Balaban J connectivity index is 1.74. The fourth-order valence-corrected chi connectivity index (χ4v) is 2.37. The summed E-state index contributed by atoms with van der Waals surface area (Å²) in [6.45, 7) is 4.01. The van der Waals surface area contributed by atoms with Gasteiger partial charge in [0.05, 0.1) is 32.7 Å². The molecule has 0 aliphatic carbocycles. The zero-order valence-corrected chi connectivity index (χ0v) is 11.5. The van der Waals surface area contributed by atoms with Gasteiger partial charge >= 0.3 is 0 Å². The van der Waals surface area contributed by atoms with Crippen molar-refractivity contribution in [2.75, 3.05) is 44.2 Å². The average Bonchev–Trinajstić information content (AvgIpc) is 2.47. The molecule has 0 aromatic heterocycles. The van der Waals surface area contributed by atoms with Crippen molar-refractivity contribution in [2.45, 2.75) is 0 Å².